The van der Waals surface area contributed by atoms with E-state index in [0.717, 1.165) is 65.7 Å². The van der Waals surface area contributed by atoms with Gasteiger partial charge in [-0.2, -0.15) is 0 Å². The van der Waals surface area contributed by atoms with E-state index in [0.29, 0.717) is 11.3 Å². The van der Waals surface area contributed by atoms with Crippen molar-refractivity contribution in [3.63, 3.8) is 0 Å². The number of carboxylic acid groups (broad SMARTS) is 1. The zero-order valence-electron chi connectivity index (χ0n) is 24.3. The Morgan fingerprint density at radius 2 is 1.88 bits per heavy atom. The number of rotatable bonds is 10. The van der Waals surface area contributed by atoms with Crippen molar-refractivity contribution in [1.82, 2.24) is 4.90 Å². The first kappa shape index (κ1) is 28.5. The largest absolute Gasteiger partial charge is 0.543 e. The van der Waals surface area contributed by atoms with Crippen molar-refractivity contribution in [3.05, 3.63) is 53.2 Å². The van der Waals surface area contributed by atoms with E-state index in [2.05, 4.69) is 33.3 Å². The highest BCUT2D eigenvalue weighted by Crippen LogP contribution is 2.47. The zero-order chi connectivity index (χ0) is 28.8. The Hall–Kier alpha value is -2.98. The second-order valence-electron chi connectivity index (χ2n) is 12.7. The highest BCUT2D eigenvalue weighted by molar-refractivity contribution is 5.99. The summed E-state index contributed by atoms with van der Waals surface area (Å²) in [5.41, 5.74) is 1.64. The van der Waals surface area contributed by atoms with Gasteiger partial charge in [-0.1, -0.05) is 37.3 Å². The second-order valence-corrected chi connectivity index (χ2v) is 12.7. The zero-order valence-corrected chi connectivity index (χ0v) is 24.3. The number of β-lactam (4-membered cyclic amide) rings is 1. The fourth-order valence-corrected chi connectivity index (χ4v) is 6.65. The van der Waals surface area contributed by atoms with Gasteiger partial charge in [0.2, 0.25) is 5.91 Å². The monoisotopic (exact) mass is 552 g/mol. The maximum Gasteiger partial charge on any atom is 0.235 e. The van der Waals surface area contributed by atoms with Gasteiger partial charge in [0.15, 0.2) is 0 Å². The fraction of sp³-hybridized carbons (Fsp3) is 0.548. The average Bonchev–Trinajstić information content (AvgIpc) is 3.14. The molecule has 2 fully saturated rings. The molecule has 5 rings (SSSR count). The lowest BCUT2D eigenvalue weighted by molar-refractivity contribution is -0.964. The number of amides is 1. The summed E-state index contributed by atoms with van der Waals surface area (Å²) < 4.78 is 13.7. The van der Waals surface area contributed by atoms with Crippen molar-refractivity contribution in [2.75, 3.05) is 67.1 Å². The van der Waals surface area contributed by atoms with E-state index in [1.165, 1.54) is 10.5 Å². The van der Waals surface area contributed by atoms with Gasteiger partial charge in [-0.25, -0.2) is 0 Å². The second kappa shape index (κ2) is 10.8. The molecular formula is C31H42N3O6+. The van der Waals surface area contributed by atoms with Crippen LogP contribution in [-0.4, -0.2) is 110 Å². The molecule has 0 unspecified atom stereocenters. The molecule has 0 radical (unpaired) electrons. The Bertz CT molecular complexity index is 1330. The molecule has 3 aliphatic heterocycles. The summed E-state index contributed by atoms with van der Waals surface area (Å²) in [5, 5.41) is 24.2. The van der Waals surface area contributed by atoms with Gasteiger partial charge in [-0.3, -0.25) is 4.79 Å². The SMILES string of the molecule is C[C@@H](O)[C@H]1C(=O)N2C(C(=O)[O-])=C(COc3cccc4c(C[N+](C)(C)CC[N+]5(C)CCOCC5)cccc34)[C@H](C)[C@H]12. The first-order valence-electron chi connectivity index (χ1n) is 14.2. The standard InChI is InChI=1S/C31H42N3O6/c1-20-25(29(31(37)38)32-28(20)27(21(2)35)30(32)36)19-40-26-11-7-9-23-22(8-6-10-24(23)26)18-33(3,4)12-13-34(5)14-16-39-17-15-34/h6-11,20-21,27-28,35H,12-19H2,1-5H3/q+1/t20-,21+,27+,28+/m0/s1. The topological polar surface area (TPSA) is 99.1 Å². The van der Waals surface area contributed by atoms with E-state index < -0.39 is 18.0 Å². The van der Waals surface area contributed by atoms with Crippen LogP contribution in [-0.2, 0) is 20.9 Å². The van der Waals surface area contributed by atoms with Gasteiger partial charge in [-0.05, 0) is 23.9 Å². The van der Waals surface area contributed by atoms with Crippen LogP contribution < -0.4 is 9.84 Å². The summed E-state index contributed by atoms with van der Waals surface area (Å²) in [5.74, 6) is -1.97. The summed E-state index contributed by atoms with van der Waals surface area (Å²) in [6, 6.07) is 11.8. The molecule has 1 N–H and O–H groups in total. The van der Waals surface area contributed by atoms with Crippen LogP contribution in [0.25, 0.3) is 10.8 Å². The van der Waals surface area contributed by atoms with Crippen molar-refractivity contribution in [1.29, 1.82) is 0 Å². The average molecular weight is 553 g/mol. The Labute approximate surface area is 236 Å². The molecule has 2 aromatic carbocycles. The third kappa shape index (κ3) is 5.23. The number of nitrogens with zero attached hydrogens (tertiary/aromatic N) is 3. The van der Waals surface area contributed by atoms with Crippen LogP contribution in [0.2, 0.25) is 0 Å². The van der Waals surface area contributed by atoms with Crippen LogP contribution in [0.4, 0.5) is 0 Å². The first-order chi connectivity index (χ1) is 18.9. The lowest BCUT2D eigenvalue weighted by Gasteiger charge is -2.47. The Balaban J connectivity index is 1.34. The smallest absolute Gasteiger partial charge is 0.235 e. The Morgan fingerprint density at radius 3 is 2.55 bits per heavy atom. The number of fused-ring (bicyclic) bond motifs is 2. The van der Waals surface area contributed by atoms with Gasteiger partial charge in [0.25, 0.3) is 0 Å². The van der Waals surface area contributed by atoms with Crippen LogP contribution in [0.1, 0.15) is 19.4 Å². The van der Waals surface area contributed by atoms with Gasteiger partial charge >= 0.3 is 0 Å². The number of aliphatic carboxylic acids is 1. The first-order valence-corrected chi connectivity index (χ1v) is 14.2. The van der Waals surface area contributed by atoms with Gasteiger partial charge in [-0.15, -0.1) is 0 Å². The molecule has 2 saturated heterocycles. The van der Waals surface area contributed by atoms with Gasteiger partial charge in [0, 0.05) is 16.9 Å². The molecule has 3 heterocycles. The minimum atomic E-state index is -1.39. The normalized spacial score (nSPS) is 25.1. The molecule has 216 valence electrons. The van der Waals surface area contributed by atoms with Gasteiger partial charge in [0.05, 0.1) is 64.1 Å². The highest BCUT2D eigenvalue weighted by atomic mass is 16.5. The number of hydrogen-bond donors (Lipinski definition) is 1. The lowest BCUT2D eigenvalue weighted by atomic mass is 9.78. The number of aliphatic hydroxyl groups excluding tert-OH is 1. The third-order valence-corrected chi connectivity index (χ3v) is 9.26. The van der Waals surface area contributed by atoms with Crippen LogP contribution in [0.15, 0.2) is 47.7 Å². The van der Waals surface area contributed by atoms with Crippen molar-refractivity contribution in [3.8, 4) is 5.75 Å². The summed E-state index contributed by atoms with van der Waals surface area (Å²) in [6.45, 7) is 10.2. The van der Waals surface area contributed by atoms with Crippen molar-refractivity contribution < 1.29 is 38.2 Å². The molecule has 40 heavy (non-hydrogen) atoms. The Morgan fingerprint density at radius 1 is 1.20 bits per heavy atom. The maximum atomic E-state index is 12.6. The van der Waals surface area contributed by atoms with E-state index in [1.54, 1.807) is 6.92 Å². The molecular weight excluding hydrogens is 510 g/mol. The number of likely N-dealkylation sites (N-methyl/N-ethyl adjacent to an activating group) is 2. The van der Waals surface area contributed by atoms with Crippen LogP contribution >= 0.6 is 0 Å². The molecule has 0 bridgehead atoms. The van der Waals surface area contributed by atoms with E-state index >= 15 is 0 Å². The van der Waals surface area contributed by atoms with Crippen molar-refractivity contribution in [2.45, 2.75) is 32.5 Å². The van der Waals surface area contributed by atoms with E-state index in [9.17, 15) is 19.8 Å². The summed E-state index contributed by atoms with van der Waals surface area (Å²) in [4.78, 5) is 26.0. The van der Waals surface area contributed by atoms with E-state index in [4.69, 9.17) is 9.47 Å². The number of carboxylic acids is 1. The molecule has 3 aliphatic rings. The van der Waals surface area contributed by atoms with E-state index in [1.807, 2.05) is 31.2 Å². The number of carbonyl (C=O) groups excluding carboxylic acids is 2. The molecule has 1 amide bonds. The predicted octanol–water partition coefficient (Wildman–Crippen LogP) is 1.13. The maximum absolute atomic E-state index is 12.6. The molecule has 4 atom stereocenters. The molecule has 0 saturated carbocycles. The summed E-state index contributed by atoms with van der Waals surface area (Å²) >= 11 is 0. The molecule has 9 heteroatoms. The number of morpholine rings is 1. The highest BCUT2D eigenvalue weighted by Gasteiger charge is 2.58. The number of benzene rings is 2. The Kier molecular flexibility index (Phi) is 7.69. The fourth-order valence-electron chi connectivity index (χ4n) is 6.65. The van der Waals surface area contributed by atoms with Gasteiger partial charge in [0.1, 0.15) is 45.1 Å². The van der Waals surface area contributed by atoms with Crippen LogP contribution in [0.3, 0.4) is 0 Å². The molecule has 0 aromatic heterocycles. The van der Waals surface area contributed by atoms with Crippen LogP contribution in [0.5, 0.6) is 5.75 Å². The summed E-state index contributed by atoms with van der Waals surface area (Å²) in [6.07, 6.45) is -0.850. The number of ether oxygens (including phenoxy) is 2. The summed E-state index contributed by atoms with van der Waals surface area (Å²) in [7, 11) is 6.86. The third-order valence-electron chi connectivity index (χ3n) is 9.26. The molecule has 0 aliphatic carbocycles. The van der Waals surface area contributed by atoms with E-state index in [-0.39, 0.29) is 30.2 Å². The number of quaternary nitrogens is 2. The number of carbonyl (C=O) groups is 2. The minimum absolute atomic E-state index is 0.0302. The number of hydrogen-bond acceptors (Lipinski definition) is 6. The van der Waals surface area contributed by atoms with Crippen LogP contribution in [0, 0.1) is 11.8 Å². The van der Waals surface area contributed by atoms with Crippen molar-refractivity contribution >= 4 is 22.6 Å². The molecule has 0 spiro atoms. The van der Waals surface area contributed by atoms with Gasteiger partial charge < -0.3 is 38.3 Å². The minimum Gasteiger partial charge on any atom is -0.543 e. The number of aliphatic hydroxyl groups is 1. The lowest BCUT2D eigenvalue weighted by Crippen LogP contribution is -2.64. The predicted molar refractivity (Wildman–Crippen MR) is 149 cm³/mol. The quantitative estimate of drug-likeness (QED) is 0.351. The molecule has 9 nitrogen and oxygen atoms in total. The molecule has 2 aromatic rings. The van der Waals surface area contributed by atoms with Crippen molar-refractivity contribution in [2.24, 2.45) is 11.8 Å².